The SMILES string of the molecule is Cc1ccc(C(C)C)c(OCC(=O)N[C@@H](c2ccccc2)c2ccccc2C)c1. The zero-order valence-corrected chi connectivity index (χ0v) is 17.6. The van der Waals surface area contributed by atoms with Gasteiger partial charge < -0.3 is 10.1 Å². The fourth-order valence-corrected chi connectivity index (χ4v) is 3.49. The lowest BCUT2D eigenvalue weighted by atomic mass is 9.95. The molecule has 0 unspecified atom stereocenters. The summed E-state index contributed by atoms with van der Waals surface area (Å²) in [5.74, 6) is 0.971. The zero-order chi connectivity index (χ0) is 20.8. The summed E-state index contributed by atoms with van der Waals surface area (Å²) in [4.78, 5) is 12.8. The molecule has 1 amide bonds. The molecule has 3 aromatic carbocycles. The molecule has 0 saturated carbocycles. The highest BCUT2D eigenvalue weighted by molar-refractivity contribution is 5.78. The van der Waals surface area contributed by atoms with Crippen LogP contribution < -0.4 is 10.1 Å². The third kappa shape index (κ3) is 5.26. The molecule has 0 aromatic heterocycles. The summed E-state index contributed by atoms with van der Waals surface area (Å²) in [6, 6.07) is 24.1. The molecule has 0 aliphatic rings. The van der Waals surface area contributed by atoms with Crippen molar-refractivity contribution in [1.29, 1.82) is 0 Å². The topological polar surface area (TPSA) is 38.3 Å². The summed E-state index contributed by atoms with van der Waals surface area (Å²) in [7, 11) is 0. The average molecular weight is 388 g/mol. The van der Waals surface area contributed by atoms with E-state index in [1.807, 2.05) is 55.5 Å². The van der Waals surface area contributed by atoms with Crippen molar-refractivity contribution < 1.29 is 9.53 Å². The molecule has 3 heteroatoms. The van der Waals surface area contributed by atoms with Crippen molar-refractivity contribution in [2.45, 2.75) is 39.7 Å². The second-order valence-corrected chi connectivity index (χ2v) is 7.75. The van der Waals surface area contributed by atoms with Crippen molar-refractivity contribution in [3.8, 4) is 5.75 Å². The van der Waals surface area contributed by atoms with Gasteiger partial charge in [0.25, 0.3) is 5.91 Å². The fraction of sp³-hybridized carbons (Fsp3) is 0.269. The normalized spacial score (nSPS) is 11.9. The third-order valence-electron chi connectivity index (χ3n) is 5.09. The summed E-state index contributed by atoms with van der Waals surface area (Å²) in [6.45, 7) is 8.33. The standard InChI is InChI=1S/C26H29NO2/c1-18(2)22-15-14-19(3)16-24(22)29-17-25(28)27-26(21-11-6-5-7-12-21)23-13-9-8-10-20(23)4/h5-16,18,26H,17H2,1-4H3,(H,27,28)/t26-/m0/s1. The number of hydrogen-bond acceptors (Lipinski definition) is 2. The molecule has 3 rings (SSSR count). The van der Waals surface area contributed by atoms with Crippen molar-refractivity contribution in [2.24, 2.45) is 0 Å². The number of carbonyl (C=O) groups is 1. The first-order valence-electron chi connectivity index (χ1n) is 10.1. The summed E-state index contributed by atoms with van der Waals surface area (Å²) in [6.07, 6.45) is 0. The van der Waals surface area contributed by atoms with Crippen LogP contribution in [0.25, 0.3) is 0 Å². The van der Waals surface area contributed by atoms with Gasteiger partial charge >= 0.3 is 0 Å². The summed E-state index contributed by atoms with van der Waals surface area (Å²) >= 11 is 0. The summed E-state index contributed by atoms with van der Waals surface area (Å²) < 4.78 is 5.93. The second-order valence-electron chi connectivity index (χ2n) is 7.75. The molecule has 0 fully saturated rings. The zero-order valence-electron chi connectivity index (χ0n) is 17.6. The van der Waals surface area contributed by atoms with Crippen LogP contribution >= 0.6 is 0 Å². The number of amides is 1. The van der Waals surface area contributed by atoms with Gasteiger partial charge in [-0.3, -0.25) is 4.79 Å². The van der Waals surface area contributed by atoms with E-state index in [-0.39, 0.29) is 18.6 Å². The minimum absolute atomic E-state index is 0.0155. The lowest BCUT2D eigenvalue weighted by molar-refractivity contribution is -0.123. The van der Waals surface area contributed by atoms with E-state index in [9.17, 15) is 4.79 Å². The highest BCUT2D eigenvalue weighted by Gasteiger charge is 2.19. The molecule has 0 bridgehead atoms. The van der Waals surface area contributed by atoms with Gasteiger partial charge in [0.1, 0.15) is 5.75 Å². The molecule has 29 heavy (non-hydrogen) atoms. The van der Waals surface area contributed by atoms with Crippen molar-refractivity contribution in [1.82, 2.24) is 5.32 Å². The quantitative estimate of drug-likeness (QED) is 0.564. The number of nitrogens with one attached hydrogen (secondary N) is 1. The van der Waals surface area contributed by atoms with Gasteiger partial charge in [-0.15, -0.1) is 0 Å². The molecule has 3 nitrogen and oxygen atoms in total. The molecule has 3 aromatic rings. The summed E-state index contributed by atoms with van der Waals surface area (Å²) in [5, 5.41) is 3.16. The summed E-state index contributed by atoms with van der Waals surface area (Å²) in [5.41, 5.74) is 5.51. The van der Waals surface area contributed by atoms with Crippen molar-refractivity contribution in [3.63, 3.8) is 0 Å². The van der Waals surface area contributed by atoms with Crippen LogP contribution in [-0.4, -0.2) is 12.5 Å². The molecule has 1 atom stereocenters. The van der Waals surface area contributed by atoms with E-state index in [4.69, 9.17) is 4.74 Å². The minimum atomic E-state index is -0.212. The number of carbonyl (C=O) groups excluding carboxylic acids is 1. The van der Waals surface area contributed by atoms with E-state index >= 15 is 0 Å². The van der Waals surface area contributed by atoms with E-state index < -0.39 is 0 Å². The number of aryl methyl sites for hydroxylation is 2. The van der Waals surface area contributed by atoms with Crippen molar-refractivity contribution in [3.05, 3.63) is 101 Å². The van der Waals surface area contributed by atoms with Crippen LogP contribution in [0.3, 0.4) is 0 Å². The molecule has 150 valence electrons. The largest absolute Gasteiger partial charge is 0.483 e. The van der Waals surface area contributed by atoms with Gasteiger partial charge in [0.15, 0.2) is 6.61 Å². The number of ether oxygens (including phenoxy) is 1. The Morgan fingerprint density at radius 1 is 0.897 bits per heavy atom. The Morgan fingerprint density at radius 3 is 2.28 bits per heavy atom. The van der Waals surface area contributed by atoms with Gasteiger partial charge in [-0.1, -0.05) is 80.6 Å². The highest BCUT2D eigenvalue weighted by atomic mass is 16.5. The molecule has 0 heterocycles. The maximum absolute atomic E-state index is 12.8. The Labute approximate surface area is 173 Å². The molecule has 0 spiro atoms. The Hall–Kier alpha value is -3.07. The number of rotatable bonds is 7. The molecule has 0 aliphatic heterocycles. The monoisotopic (exact) mass is 387 g/mol. The fourth-order valence-electron chi connectivity index (χ4n) is 3.49. The van der Waals surface area contributed by atoms with Crippen LogP contribution in [0, 0.1) is 13.8 Å². The van der Waals surface area contributed by atoms with E-state index in [1.54, 1.807) is 0 Å². The molecule has 1 N–H and O–H groups in total. The van der Waals surface area contributed by atoms with Gasteiger partial charge in [-0.2, -0.15) is 0 Å². The molecule has 0 saturated heterocycles. The first-order valence-corrected chi connectivity index (χ1v) is 10.1. The predicted molar refractivity (Wildman–Crippen MR) is 118 cm³/mol. The number of benzene rings is 3. The van der Waals surface area contributed by atoms with Gasteiger partial charge in [-0.05, 0) is 53.6 Å². The van der Waals surface area contributed by atoms with Crippen molar-refractivity contribution >= 4 is 5.91 Å². The van der Waals surface area contributed by atoms with Gasteiger partial charge in [0.2, 0.25) is 0 Å². The first-order chi connectivity index (χ1) is 14.0. The van der Waals surface area contributed by atoms with Crippen LogP contribution in [0.4, 0.5) is 0 Å². The Morgan fingerprint density at radius 2 is 1.59 bits per heavy atom. The van der Waals surface area contributed by atoms with Gasteiger partial charge in [-0.25, -0.2) is 0 Å². The highest BCUT2D eigenvalue weighted by Crippen LogP contribution is 2.28. The van der Waals surface area contributed by atoms with E-state index in [2.05, 4.69) is 50.4 Å². The molecule has 0 radical (unpaired) electrons. The maximum Gasteiger partial charge on any atom is 0.258 e. The lowest BCUT2D eigenvalue weighted by Gasteiger charge is -2.22. The van der Waals surface area contributed by atoms with Gasteiger partial charge in [0, 0.05) is 0 Å². The van der Waals surface area contributed by atoms with Crippen LogP contribution in [-0.2, 0) is 4.79 Å². The van der Waals surface area contributed by atoms with Gasteiger partial charge in [0.05, 0.1) is 6.04 Å². The Bertz CT molecular complexity index is 963. The first kappa shape index (κ1) is 20.7. The average Bonchev–Trinajstić information content (AvgIpc) is 2.71. The minimum Gasteiger partial charge on any atom is -0.483 e. The third-order valence-corrected chi connectivity index (χ3v) is 5.09. The maximum atomic E-state index is 12.8. The van der Waals surface area contributed by atoms with Crippen molar-refractivity contribution in [2.75, 3.05) is 6.61 Å². The van der Waals surface area contributed by atoms with E-state index in [0.29, 0.717) is 5.92 Å². The Balaban J connectivity index is 1.78. The van der Waals surface area contributed by atoms with Crippen LogP contribution in [0.5, 0.6) is 5.75 Å². The predicted octanol–water partition coefficient (Wildman–Crippen LogP) is 5.71. The smallest absolute Gasteiger partial charge is 0.258 e. The van der Waals surface area contributed by atoms with E-state index in [0.717, 1.165) is 33.6 Å². The Kier molecular flexibility index (Phi) is 6.71. The van der Waals surface area contributed by atoms with E-state index in [1.165, 1.54) is 0 Å². The van der Waals surface area contributed by atoms with Crippen LogP contribution in [0.1, 0.15) is 53.6 Å². The van der Waals surface area contributed by atoms with Crippen LogP contribution in [0.15, 0.2) is 72.8 Å². The van der Waals surface area contributed by atoms with Crippen LogP contribution in [0.2, 0.25) is 0 Å². The molecular formula is C26H29NO2. The number of hydrogen-bond donors (Lipinski definition) is 1. The lowest BCUT2D eigenvalue weighted by Crippen LogP contribution is -2.33. The molecular weight excluding hydrogens is 358 g/mol. The second kappa shape index (κ2) is 9.42. The molecule has 0 aliphatic carbocycles.